The van der Waals surface area contributed by atoms with E-state index in [-0.39, 0.29) is 5.91 Å². The minimum atomic E-state index is 0.0840. The highest BCUT2D eigenvalue weighted by Gasteiger charge is 2.21. The molecule has 0 aromatic carbocycles. The van der Waals surface area contributed by atoms with E-state index in [0.717, 1.165) is 31.4 Å². The van der Waals surface area contributed by atoms with Crippen molar-refractivity contribution in [2.24, 2.45) is 0 Å². The van der Waals surface area contributed by atoms with E-state index in [1.165, 1.54) is 0 Å². The van der Waals surface area contributed by atoms with Crippen LogP contribution in [0, 0.1) is 0 Å². The molecule has 12 heavy (non-hydrogen) atoms. The van der Waals surface area contributed by atoms with Crippen LogP contribution >= 0.6 is 15.9 Å². The molecule has 1 aliphatic heterocycles. The lowest BCUT2D eigenvalue weighted by molar-refractivity contribution is -0.119. The normalized spacial score (nSPS) is 24.3. The fourth-order valence-electron chi connectivity index (χ4n) is 1.56. The van der Waals surface area contributed by atoms with Crippen LogP contribution in [0.25, 0.3) is 0 Å². The van der Waals surface area contributed by atoms with E-state index in [4.69, 9.17) is 0 Å². The number of halogens is 1. The number of alkyl halides is 1. The van der Waals surface area contributed by atoms with Crippen LogP contribution in [0.4, 0.5) is 0 Å². The first-order valence-electron chi connectivity index (χ1n) is 4.28. The Morgan fingerprint density at radius 3 is 3.08 bits per heavy atom. The van der Waals surface area contributed by atoms with Crippen molar-refractivity contribution in [3.8, 4) is 0 Å². The Kier molecular flexibility index (Phi) is 4.01. The Labute approximate surface area is 81.6 Å². The second-order valence-corrected chi connectivity index (χ2v) is 3.97. The first-order valence-corrected chi connectivity index (χ1v) is 5.40. The Hall–Kier alpha value is -0.0900. The molecule has 0 aliphatic carbocycles. The van der Waals surface area contributed by atoms with Gasteiger partial charge < -0.3 is 10.2 Å². The van der Waals surface area contributed by atoms with Crippen molar-refractivity contribution in [2.75, 3.05) is 25.0 Å². The molecule has 1 heterocycles. The summed E-state index contributed by atoms with van der Waals surface area (Å²) >= 11 is 3.40. The molecule has 4 heteroatoms. The van der Waals surface area contributed by atoms with E-state index in [9.17, 15) is 4.79 Å². The summed E-state index contributed by atoms with van der Waals surface area (Å²) in [5, 5.41) is 3.95. The fraction of sp³-hybridized carbons (Fsp3) is 0.875. The molecule has 1 saturated heterocycles. The molecule has 0 aromatic rings. The van der Waals surface area contributed by atoms with E-state index in [0.29, 0.717) is 6.04 Å². The van der Waals surface area contributed by atoms with Crippen molar-refractivity contribution >= 4 is 21.8 Å². The molecular formula is C8H15BrN2O. The molecule has 0 aromatic heterocycles. The molecule has 1 fully saturated rings. The topological polar surface area (TPSA) is 32.3 Å². The number of carbonyl (C=O) groups is 1. The van der Waals surface area contributed by atoms with Crippen LogP contribution in [0.5, 0.6) is 0 Å². The van der Waals surface area contributed by atoms with E-state index in [2.05, 4.69) is 26.1 Å². The maximum atomic E-state index is 10.7. The number of hydrogen-bond donors (Lipinski definition) is 1. The second-order valence-electron chi connectivity index (χ2n) is 3.18. The van der Waals surface area contributed by atoms with Gasteiger partial charge in [0, 0.05) is 37.9 Å². The fourth-order valence-corrected chi connectivity index (χ4v) is 2.06. The third kappa shape index (κ3) is 3.11. The van der Waals surface area contributed by atoms with Gasteiger partial charge in [-0.2, -0.15) is 0 Å². The number of nitrogens with zero attached hydrogens (tertiary/aromatic N) is 1. The summed E-state index contributed by atoms with van der Waals surface area (Å²) in [6.45, 7) is 4.77. The summed E-state index contributed by atoms with van der Waals surface area (Å²) in [5.41, 5.74) is 0. The molecule has 1 amide bonds. The molecule has 1 aliphatic rings. The van der Waals surface area contributed by atoms with Gasteiger partial charge in [0.25, 0.3) is 0 Å². The average molecular weight is 235 g/mol. The molecule has 1 N–H and O–H groups in total. The summed E-state index contributed by atoms with van der Waals surface area (Å²) in [7, 11) is 0. The van der Waals surface area contributed by atoms with Gasteiger partial charge in [0.1, 0.15) is 0 Å². The number of hydrogen-bond acceptors (Lipinski definition) is 2. The molecule has 1 rings (SSSR count). The SMILES string of the molecule is CC(=O)NC1CCN(CCBr)C1. The van der Waals surface area contributed by atoms with Gasteiger partial charge in [-0.1, -0.05) is 15.9 Å². The van der Waals surface area contributed by atoms with Gasteiger partial charge in [-0.05, 0) is 6.42 Å². The Morgan fingerprint density at radius 1 is 1.75 bits per heavy atom. The van der Waals surface area contributed by atoms with Crippen LogP contribution < -0.4 is 5.32 Å². The summed E-state index contributed by atoms with van der Waals surface area (Å²) < 4.78 is 0. The average Bonchev–Trinajstić information content (AvgIpc) is 2.36. The monoisotopic (exact) mass is 234 g/mol. The van der Waals surface area contributed by atoms with Gasteiger partial charge in [-0.25, -0.2) is 0 Å². The van der Waals surface area contributed by atoms with Gasteiger partial charge in [-0.15, -0.1) is 0 Å². The van der Waals surface area contributed by atoms with Crippen LogP contribution in [0.1, 0.15) is 13.3 Å². The lowest BCUT2D eigenvalue weighted by Crippen LogP contribution is -2.35. The first-order chi connectivity index (χ1) is 5.72. The van der Waals surface area contributed by atoms with E-state index >= 15 is 0 Å². The molecule has 0 radical (unpaired) electrons. The quantitative estimate of drug-likeness (QED) is 0.726. The number of amides is 1. The highest BCUT2D eigenvalue weighted by molar-refractivity contribution is 9.09. The zero-order valence-corrected chi connectivity index (χ0v) is 8.93. The number of likely N-dealkylation sites (tertiary alicyclic amines) is 1. The summed E-state index contributed by atoms with van der Waals surface area (Å²) in [6, 6.07) is 0.376. The van der Waals surface area contributed by atoms with Crippen molar-refractivity contribution in [3.05, 3.63) is 0 Å². The van der Waals surface area contributed by atoms with Crippen molar-refractivity contribution in [2.45, 2.75) is 19.4 Å². The van der Waals surface area contributed by atoms with Gasteiger partial charge in [0.15, 0.2) is 0 Å². The van der Waals surface area contributed by atoms with Crippen molar-refractivity contribution in [3.63, 3.8) is 0 Å². The van der Waals surface area contributed by atoms with Crippen molar-refractivity contribution in [1.29, 1.82) is 0 Å². The third-order valence-electron chi connectivity index (χ3n) is 2.08. The number of rotatable bonds is 3. The molecule has 3 nitrogen and oxygen atoms in total. The van der Waals surface area contributed by atoms with Gasteiger partial charge in [0.05, 0.1) is 0 Å². The summed E-state index contributed by atoms with van der Waals surface area (Å²) in [4.78, 5) is 13.1. The first kappa shape index (κ1) is 9.99. The summed E-state index contributed by atoms with van der Waals surface area (Å²) in [6.07, 6.45) is 1.09. The van der Waals surface area contributed by atoms with Crippen LogP contribution in [0.2, 0.25) is 0 Å². The Morgan fingerprint density at radius 2 is 2.50 bits per heavy atom. The molecule has 1 unspecified atom stereocenters. The van der Waals surface area contributed by atoms with E-state index in [1.807, 2.05) is 0 Å². The molecule has 70 valence electrons. The summed E-state index contributed by atoms with van der Waals surface area (Å²) in [5.74, 6) is 0.0840. The predicted octanol–water partition coefficient (Wildman–Crippen LogP) is 0.592. The second kappa shape index (κ2) is 4.82. The maximum Gasteiger partial charge on any atom is 0.217 e. The lowest BCUT2D eigenvalue weighted by Gasteiger charge is -2.14. The van der Waals surface area contributed by atoms with Crippen LogP contribution in [0.15, 0.2) is 0 Å². The standard InChI is InChI=1S/C8H15BrN2O/c1-7(12)10-8-2-4-11(6-8)5-3-9/h8H,2-6H2,1H3,(H,10,12). The highest BCUT2D eigenvalue weighted by Crippen LogP contribution is 2.08. The number of nitrogens with one attached hydrogen (secondary N) is 1. The molecule has 0 bridgehead atoms. The van der Waals surface area contributed by atoms with Gasteiger partial charge >= 0.3 is 0 Å². The van der Waals surface area contributed by atoms with Crippen molar-refractivity contribution < 1.29 is 4.79 Å². The maximum absolute atomic E-state index is 10.7. The minimum absolute atomic E-state index is 0.0840. The largest absolute Gasteiger partial charge is 0.352 e. The van der Waals surface area contributed by atoms with Crippen molar-refractivity contribution in [1.82, 2.24) is 10.2 Å². The molecule has 1 atom stereocenters. The van der Waals surface area contributed by atoms with Gasteiger partial charge in [0.2, 0.25) is 5.91 Å². The minimum Gasteiger partial charge on any atom is -0.352 e. The predicted molar refractivity (Wildman–Crippen MR) is 52.5 cm³/mol. The zero-order chi connectivity index (χ0) is 8.97. The molecule has 0 spiro atoms. The highest BCUT2D eigenvalue weighted by atomic mass is 79.9. The van der Waals surface area contributed by atoms with Gasteiger partial charge in [-0.3, -0.25) is 4.79 Å². The van der Waals surface area contributed by atoms with E-state index in [1.54, 1.807) is 6.92 Å². The Bertz CT molecular complexity index is 163. The Balaban J connectivity index is 2.21. The third-order valence-corrected chi connectivity index (χ3v) is 2.44. The van der Waals surface area contributed by atoms with Crippen LogP contribution in [-0.4, -0.2) is 41.8 Å². The smallest absolute Gasteiger partial charge is 0.217 e. The number of carbonyl (C=O) groups excluding carboxylic acids is 1. The lowest BCUT2D eigenvalue weighted by atomic mass is 10.3. The molecular weight excluding hydrogens is 220 g/mol. The van der Waals surface area contributed by atoms with E-state index < -0.39 is 0 Å². The zero-order valence-electron chi connectivity index (χ0n) is 7.35. The van der Waals surface area contributed by atoms with Crippen LogP contribution in [-0.2, 0) is 4.79 Å². The molecule has 0 saturated carbocycles. The van der Waals surface area contributed by atoms with Crippen LogP contribution in [0.3, 0.4) is 0 Å².